The largest absolute Gasteiger partial charge is 0.372 e. The van der Waals surface area contributed by atoms with Crippen LogP contribution in [0.2, 0.25) is 5.02 Å². The van der Waals surface area contributed by atoms with Gasteiger partial charge in [-0.3, -0.25) is 0 Å². The number of ether oxygens (including phenoxy) is 1. The van der Waals surface area contributed by atoms with Crippen molar-refractivity contribution >= 4 is 23.2 Å². The third-order valence-corrected chi connectivity index (χ3v) is 4.74. The summed E-state index contributed by atoms with van der Waals surface area (Å²) in [5, 5.41) is 0.498. The fourth-order valence-corrected chi connectivity index (χ4v) is 3.23. The van der Waals surface area contributed by atoms with E-state index in [0.717, 1.165) is 16.1 Å². The summed E-state index contributed by atoms with van der Waals surface area (Å²) < 4.78 is 5.44. The zero-order valence-electron chi connectivity index (χ0n) is 11.5. The molecule has 104 valence electrons. The van der Waals surface area contributed by atoms with Crippen molar-refractivity contribution < 1.29 is 4.74 Å². The third kappa shape index (κ3) is 2.46. The molecule has 0 aromatic heterocycles. The highest BCUT2D eigenvalue weighted by molar-refractivity contribution is 6.33. The lowest BCUT2D eigenvalue weighted by molar-refractivity contribution is 0.134. The quantitative estimate of drug-likeness (QED) is 0.683. The first-order valence-corrected chi connectivity index (χ1v) is 7.48. The van der Waals surface area contributed by atoms with Crippen molar-refractivity contribution in [1.82, 2.24) is 0 Å². The maximum absolute atomic E-state index is 6.64. The summed E-state index contributed by atoms with van der Waals surface area (Å²) in [6.45, 7) is 5.51. The van der Waals surface area contributed by atoms with E-state index < -0.39 is 0 Å². The van der Waals surface area contributed by atoms with Crippen LogP contribution in [0.5, 0.6) is 0 Å². The second-order valence-corrected chi connectivity index (χ2v) is 6.19. The van der Waals surface area contributed by atoms with E-state index in [4.69, 9.17) is 27.9 Å². The van der Waals surface area contributed by atoms with Crippen LogP contribution in [0.25, 0.3) is 0 Å². The van der Waals surface area contributed by atoms with Crippen molar-refractivity contribution in [3.05, 3.63) is 68.7 Å². The van der Waals surface area contributed by atoms with E-state index in [1.54, 1.807) is 0 Å². The minimum Gasteiger partial charge on any atom is -0.372 e. The number of halogens is 2. The van der Waals surface area contributed by atoms with Crippen molar-refractivity contribution in [2.45, 2.75) is 32.4 Å². The second kappa shape index (κ2) is 5.40. The van der Waals surface area contributed by atoms with Crippen LogP contribution in [-0.2, 0) is 18.0 Å². The first-order valence-electron chi connectivity index (χ1n) is 6.66. The molecule has 3 rings (SSSR count). The number of aryl methyl sites for hydroxylation is 2. The van der Waals surface area contributed by atoms with Gasteiger partial charge in [0.05, 0.1) is 18.6 Å². The van der Waals surface area contributed by atoms with Crippen molar-refractivity contribution in [2.75, 3.05) is 0 Å². The van der Waals surface area contributed by atoms with Gasteiger partial charge in [0.1, 0.15) is 0 Å². The van der Waals surface area contributed by atoms with Gasteiger partial charge in [-0.1, -0.05) is 35.9 Å². The third-order valence-electron chi connectivity index (χ3n) is 3.92. The van der Waals surface area contributed by atoms with Crippen molar-refractivity contribution in [3.8, 4) is 0 Å². The fourth-order valence-electron chi connectivity index (χ4n) is 2.53. The predicted octanol–water partition coefficient (Wildman–Crippen LogP) is 5.32. The van der Waals surface area contributed by atoms with E-state index in [0.29, 0.717) is 13.2 Å². The van der Waals surface area contributed by atoms with Gasteiger partial charge < -0.3 is 4.74 Å². The number of rotatable bonds is 2. The molecule has 1 nitrogen and oxygen atoms in total. The van der Waals surface area contributed by atoms with Crippen LogP contribution < -0.4 is 0 Å². The van der Waals surface area contributed by atoms with Gasteiger partial charge in [0.15, 0.2) is 0 Å². The summed E-state index contributed by atoms with van der Waals surface area (Å²) in [6.07, 6.45) is 0. The van der Waals surface area contributed by atoms with Crippen molar-refractivity contribution in [1.29, 1.82) is 0 Å². The molecule has 0 fully saturated rings. The van der Waals surface area contributed by atoms with E-state index in [1.165, 1.54) is 22.3 Å². The Morgan fingerprint density at radius 3 is 2.50 bits per heavy atom. The summed E-state index contributed by atoms with van der Waals surface area (Å²) in [6, 6.07) is 10.4. The van der Waals surface area contributed by atoms with Crippen LogP contribution in [-0.4, -0.2) is 0 Å². The zero-order chi connectivity index (χ0) is 14.3. The smallest absolute Gasteiger partial charge is 0.0850 e. The Morgan fingerprint density at radius 2 is 1.70 bits per heavy atom. The maximum Gasteiger partial charge on any atom is 0.0850 e. The number of benzene rings is 2. The first-order chi connectivity index (χ1) is 9.56. The molecule has 2 aromatic carbocycles. The highest BCUT2D eigenvalue weighted by atomic mass is 35.5. The summed E-state index contributed by atoms with van der Waals surface area (Å²) in [5.74, 6) is 0. The molecule has 0 saturated carbocycles. The molecular weight excluding hydrogens is 291 g/mol. The molecule has 1 heterocycles. The van der Waals surface area contributed by atoms with Gasteiger partial charge in [0.2, 0.25) is 0 Å². The van der Waals surface area contributed by atoms with Crippen LogP contribution in [0, 0.1) is 13.8 Å². The summed E-state index contributed by atoms with van der Waals surface area (Å²) in [7, 11) is 0. The minimum absolute atomic E-state index is 0.229. The molecular formula is C17H16Cl2O. The van der Waals surface area contributed by atoms with Crippen molar-refractivity contribution in [3.63, 3.8) is 0 Å². The molecule has 1 aliphatic heterocycles. The normalized spacial score (nSPS) is 15.2. The molecule has 1 atom stereocenters. The molecule has 0 N–H and O–H groups in total. The van der Waals surface area contributed by atoms with Gasteiger partial charge >= 0.3 is 0 Å². The van der Waals surface area contributed by atoms with Gasteiger partial charge in [-0.2, -0.15) is 0 Å². The van der Waals surface area contributed by atoms with Gasteiger partial charge in [-0.15, -0.1) is 11.6 Å². The monoisotopic (exact) mass is 306 g/mol. The lowest BCUT2D eigenvalue weighted by atomic mass is 9.97. The zero-order valence-corrected chi connectivity index (χ0v) is 13.1. The van der Waals surface area contributed by atoms with Gasteiger partial charge in [-0.25, -0.2) is 0 Å². The van der Waals surface area contributed by atoms with Crippen LogP contribution in [0.4, 0.5) is 0 Å². The standard InChI is InChI=1S/C17H16Cl2O/c1-10-5-15(16(18)6-11(10)2)17(19)12-3-4-13-8-20-9-14(13)7-12/h3-7,17H,8-9H2,1-2H3. The maximum atomic E-state index is 6.64. The van der Waals surface area contributed by atoms with E-state index >= 15 is 0 Å². The van der Waals surface area contributed by atoms with E-state index in [1.807, 2.05) is 6.07 Å². The number of fused-ring (bicyclic) bond motifs is 1. The van der Waals surface area contributed by atoms with E-state index in [2.05, 4.69) is 38.1 Å². The van der Waals surface area contributed by atoms with Crippen LogP contribution in [0.3, 0.4) is 0 Å². The topological polar surface area (TPSA) is 9.23 Å². The minimum atomic E-state index is -0.229. The molecule has 20 heavy (non-hydrogen) atoms. The van der Waals surface area contributed by atoms with Gasteiger partial charge in [-0.05, 0) is 53.3 Å². The molecule has 3 heteroatoms. The Morgan fingerprint density at radius 1 is 1.00 bits per heavy atom. The highest BCUT2D eigenvalue weighted by Crippen LogP contribution is 2.36. The average molecular weight is 307 g/mol. The molecule has 0 saturated heterocycles. The van der Waals surface area contributed by atoms with Gasteiger partial charge in [0.25, 0.3) is 0 Å². The highest BCUT2D eigenvalue weighted by Gasteiger charge is 2.18. The Labute approximate surface area is 129 Å². The number of alkyl halides is 1. The summed E-state index contributed by atoms with van der Waals surface area (Å²) in [5.41, 5.74) is 6.91. The molecule has 0 spiro atoms. The van der Waals surface area contributed by atoms with Gasteiger partial charge in [0, 0.05) is 5.02 Å². The average Bonchev–Trinajstić information content (AvgIpc) is 2.89. The fraction of sp³-hybridized carbons (Fsp3) is 0.294. The summed E-state index contributed by atoms with van der Waals surface area (Å²) in [4.78, 5) is 0. The Kier molecular flexibility index (Phi) is 3.76. The van der Waals surface area contributed by atoms with Crippen LogP contribution in [0.1, 0.15) is 38.8 Å². The Hall–Kier alpha value is -1.02. The molecule has 0 amide bonds. The Balaban J connectivity index is 2.00. The number of hydrogen-bond donors (Lipinski definition) is 0. The van der Waals surface area contributed by atoms with Crippen LogP contribution >= 0.6 is 23.2 Å². The molecule has 0 bridgehead atoms. The van der Waals surface area contributed by atoms with E-state index in [9.17, 15) is 0 Å². The SMILES string of the molecule is Cc1cc(Cl)c(C(Cl)c2ccc3c(c2)COC3)cc1C. The van der Waals surface area contributed by atoms with Crippen LogP contribution in [0.15, 0.2) is 30.3 Å². The van der Waals surface area contributed by atoms with E-state index in [-0.39, 0.29) is 5.38 Å². The first kappa shape index (κ1) is 13.9. The Bertz CT molecular complexity index is 664. The predicted molar refractivity (Wildman–Crippen MR) is 83.6 cm³/mol. The second-order valence-electron chi connectivity index (χ2n) is 5.34. The molecule has 0 radical (unpaired) electrons. The molecule has 1 unspecified atom stereocenters. The molecule has 1 aliphatic rings. The van der Waals surface area contributed by atoms with Crippen molar-refractivity contribution in [2.24, 2.45) is 0 Å². The lowest BCUT2D eigenvalue weighted by Crippen LogP contribution is -1.98. The molecule has 2 aromatic rings. The summed E-state index contributed by atoms with van der Waals surface area (Å²) >= 11 is 13.0. The molecule has 0 aliphatic carbocycles. The number of hydrogen-bond acceptors (Lipinski definition) is 1. The lowest BCUT2D eigenvalue weighted by Gasteiger charge is -2.15.